The van der Waals surface area contributed by atoms with Gasteiger partial charge in [0.05, 0.1) is 46.2 Å². The van der Waals surface area contributed by atoms with Gasteiger partial charge in [0.25, 0.3) is 0 Å². The van der Waals surface area contributed by atoms with Crippen LogP contribution in [0.3, 0.4) is 0 Å². The predicted octanol–water partition coefficient (Wildman–Crippen LogP) is 9.45. The Morgan fingerprint density at radius 1 is 0.548 bits per heavy atom. The molecule has 0 saturated heterocycles. The highest BCUT2D eigenvalue weighted by Crippen LogP contribution is 2.50. The fourth-order valence-electron chi connectivity index (χ4n) is 4.52. The minimum atomic E-state index is -3.97. The summed E-state index contributed by atoms with van der Waals surface area (Å²) in [6, 6.07) is 13.3. The van der Waals surface area contributed by atoms with Gasteiger partial charge in [-0.25, -0.2) is 4.57 Å². The molecular formula is C33H55O8P. The first kappa shape index (κ1) is 36.7. The molecule has 0 saturated carbocycles. The van der Waals surface area contributed by atoms with Crippen molar-refractivity contribution in [2.75, 3.05) is 52.9 Å². The molecule has 2 aromatic carbocycles. The standard InChI is InChI=1S/C33H55O8P/c1-3-5-6-7-8-9-10-11-12-13-14-15-18-24-38-42(34,39-30-29-37-28-27-36-26-25-35-4-2)41-40-33-23-19-21-31-20-16-17-22-32(31)33/h16-17,19-23H,3-15,18,24-30H2,1-2H3. The highest BCUT2D eigenvalue weighted by Gasteiger charge is 2.29. The monoisotopic (exact) mass is 610 g/mol. The van der Waals surface area contributed by atoms with Crippen LogP contribution in [0.2, 0.25) is 0 Å². The van der Waals surface area contributed by atoms with Gasteiger partial charge in [0.1, 0.15) is 0 Å². The summed E-state index contributed by atoms with van der Waals surface area (Å²) in [5, 5.41) is 1.83. The third-order valence-corrected chi connectivity index (χ3v) is 8.15. The average molecular weight is 611 g/mol. The number of hydrogen-bond donors (Lipinski definition) is 0. The molecule has 240 valence electrons. The SMILES string of the molecule is CCCCCCCCCCCCCCCOP(=O)(OCCOCCOCCOCC)OOc1cccc2ccccc12. The van der Waals surface area contributed by atoms with Gasteiger partial charge in [0.2, 0.25) is 0 Å². The van der Waals surface area contributed by atoms with Crippen LogP contribution in [-0.2, 0) is 32.5 Å². The maximum absolute atomic E-state index is 13.4. The van der Waals surface area contributed by atoms with E-state index in [0.717, 1.165) is 30.0 Å². The first-order valence-corrected chi connectivity index (χ1v) is 17.6. The molecule has 0 aliphatic rings. The van der Waals surface area contributed by atoms with E-state index in [1.54, 1.807) is 6.07 Å². The lowest BCUT2D eigenvalue weighted by atomic mass is 10.0. The Balaban J connectivity index is 1.67. The van der Waals surface area contributed by atoms with E-state index in [1.165, 1.54) is 64.2 Å². The number of ether oxygens (including phenoxy) is 3. The lowest BCUT2D eigenvalue weighted by molar-refractivity contribution is -0.132. The second kappa shape index (κ2) is 24.9. The normalized spacial score (nSPS) is 13.0. The smallest absolute Gasteiger partial charge is 0.379 e. The zero-order chi connectivity index (χ0) is 30.0. The van der Waals surface area contributed by atoms with Crippen LogP contribution in [0.5, 0.6) is 5.75 Å². The average Bonchev–Trinajstić information content (AvgIpc) is 3.01. The first-order chi connectivity index (χ1) is 20.7. The third-order valence-electron chi connectivity index (χ3n) is 6.89. The zero-order valence-electron chi connectivity index (χ0n) is 26.1. The van der Waals surface area contributed by atoms with Gasteiger partial charge in [-0.05, 0) is 24.8 Å². The molecule has 2 rings (SSSR count). The van der Waals surface area contributed by atoms with Crippen LogP contribution < -0.4 is 4.89 Å². The second-order valence-electron chi connectivity index (χ2n) is 10.4. The quantitative estimate of drug-likeness (QED) is 0.0390. The maximum Gasteiger partial charge on any atom is 0.511 e. The maximum atomic E-state index is 13.4. The summed E-state index contributed by atoms with van der Waals surface area (Å²) in [4.78, 5) is 5.51. The van der Waals surface area contributed by atoms with Crippen molar-refractivity contribution in [1.82, 2.24) is 0 Å². The van der Waals surface area contributed by atoms with E-state index in [9.17, 15) is 4.57 Å². The second-order valence-corrected chi connectivity index (χ2v) is 12.0. The van der Waals surface area contributed by atoms with E-state index in [4.69, 9.17) is 32.8 Å². The largest absolute Gasteiger partial charge is 0.511 e. The van der Waals surface area contributed by atoms with Crippen LogP contribution in [0.1, 0.15) is 97.3 Å². The van der Waals surface area contributed by atoms with Crippen molar-refractivity contribution in [2.24, 2.45) is 0 Å². The Morgan fingerprint density at radius 3 is 1.71 bits per heavy atom. The lowest BCUT2D eigenvalue weighted by Gasteiger charge is -2.17. The van der Waals surface area contributed by atoms with Gasteiger partial charge < -0.3 is 19.1 Å². The van der Waals surface area contributed by atoms with Crippen LogP contribution in [0.15, 0.2) is 42.5 Å². The van der Waals surface area contributed by atoms with Crippen molar-refractivity contribution in [3.8, 4) is 5.75 Å². The molecule has 0 spiro atoms. The summed E-state index contributed by atoms with van der Waals surface area (Å²) in [5.41, 5.74) is 0. The highest BCUT2D eigenvalue weighted by atomic mass is 31.2. The number of phosphoric acid groups is 1. The predicted molar refractivity (Wildman–Crippen MR) is 169 cm³/mol. The Labute approximate surface area is 254 Å². The number of rotatable bonds is 29. The van der Waals surface area contributed by atoms with E-state index in [0.29, 0.717) is 38.8 Å². The Bertz CT molecular complexity index is 951. The third kappa shape index (κ3) is 17.6. The van der Waals surface area contributed by atoms with E-state index >= 15 is 0 Å². The molecule has 0 aliphatic carbocycles. The van der Waals surface area contributed by atoms with Gasteiger partial charge in [0.15, 0.2) is 5.75 Å². The number of fused-ring (bicyclic) bond motifs is 1. The summed E-state index contributed by atoms with van der Waals surface area (Å²) in [6.45, 7) is 7.33. The van der Waals surface area contributed by atoms with E-state index in [1.807, 2.05) is 43.3 Å². The van der Waals surface area contributed by atoms with Crippen LogP contribution >= 0.6 is 7.82 Å². The molecule has 1 atom stereocenters. The summed E-state index contributed by atoms with van der Waals surface area (Å²) in [6.07, 6.45) is 16.3. The fraction of sp³-hybridized carbons (Fsp3) is 0.697. The van der Waals surface area contributed by atoms with Crippen molar-refractivity contribution in [2.45, 2.75) is 97.3 Å². The molecule has 0 aromatic heterocycles. The van der Waals surface area contributed by atoms with Gasteiger partial charge in [-0.3, -0.25) is 9.05 Å². The van der Waals surface area contributed by atoms with Gasteiger partial charge in [0, 0.05) is 12.0 Å². The highest BCUT2D eigenvalue weighted by molar-refractivity contribution is 7.48. The van der Waals surface area contributed by atoms with Gasteiger partial charge >= 0.3 is 7.82 Å². The summed E-state index contributed by atoms with van der Waals surface area (Å²) < 4.78 is 46.1. The topological polar surface area (TPSA) is 81.7 Å². The molecule has 0 fully saturated rings. The van der Waals surface area contributed by atoms with Crippen molar-refractivity contribution < 1.29 is 37.4 Å². The molecule has 0 aliphatic heterocycles. The van der Waals surface area contributed by atoms with Crippen LogP contribution in [-0.4, -0.2) is 52.9 Å². The molecule has 1 unspecified atom stereocenters. The zero-order valence-corrected chi connectivity index (χ0v) is 27.0. The number of benzene rings is 2. The fourth-order valence-corrected chi connectivity index (χ4v) is 5.51. The van der Waals surface area contributed by atoms with Crippen LogP contribution in [0, 0.1) is 0 Å². The molecule has 8 nitrogen and oxygen atoms in total. The van der Waals surface area contributed by atoms with Crippen molar-refractivity contribution >= 4 is 18.6 Å². The van der Waals surface area contributed by atoms with Crippen molar-refractivity contribution in [1.29, 1.82) is 0 Å². The van der Waals surface area contributed by atoms with Crippen LogP contribution in [0.25, 0.3) is 10.8 Å². The molecule has 0 radical (unpaired) electrons. The molecule has 42 heavy (non-hydrogen) atoms. The molecule has 0 N–H and O–H groups in total. The molecule has 0 heterocycles. The van der Waals surface area contributed by atoms with Crippen LogP contribution in [0.4, 0.5) is 0 Å². The number of phosphoric ester groups is 1. The van der Waals surface area contributed by atoms with E-state index < -0.39 is 7.82 Å². The molecule has 0 bridgehead atoms. The Kier molecular flexibility index (Phi) is 21.7. The Morgan fingerprint density at radius 2 is 1.07 bits per heavy atom. The van der Waals surface area contributed by atoms with Gasteiger partial charge in [-0.2, -0.15) is 0 Å². The summed E-state index contributed by atoms with van der Waals surface area (Å²) in [7, 11) is -3.97. The van der Waals surface area contributed by atoms with Gasteiger partial charge in [-0.1, -0.05) is 125 Å². The minimum absolute atomic E-state index is 0.0354. The first-order valence-electron chi connectivity index (χ1n) is 16.1. The molecule has 0 amide bonds. The summed E-state index contributed by atoms with van der Waals surface area (Å²) >= 11 is 0. The molecule has 2 aromatic rings. The van der Waals surface area contributed by atoms with E-state index in [2.05, 4.69) is 6.92 Å². The number of hydrogen-bond acceptors (Lipinski definition) is 8. The minimum Gasteiger partial charge on any atom is -0.379 e. The lowest BCUT2D eigenvalue weighted by Crippen LogP contribution is -2.12. The van der Waals surface area contributed by atoms with Gasteiger partial charge in [-0.15, -0.1) is 0 Å². The van der Waals surface area contributed by atoms with E-state index in [-0.39, 0.29) is 19.8 Å². The van der Waals surface area contributed by atoms with Crippen molar-refractivity contribution in [3.63, 3.8) is 0 Å². The number of unbranched alkanes of at least 4 members (excludes halogenated alkanes) is 12. The summed E-state index contributed by atoms with van der Waals surface area (Å²) in [5.74, 6) is 0.446. The molecule has 9 heteroatoms. The van der Waals surface area contributed by atoms with Crippen molar-refractivity contribution in [3.05, 3.63) is 42.5 Å². The Hall–Kier alpha value is -1.51. The molecular weight excluding hydrogens is 555 g/mol.